The van der Waals surface area contributed by atoms with E-state index >= 15 is 0 Å². The number of carbonyl (C=O) groups is 1. The van der Waals surface area contributed by atoms with Gasteiger partial charge in [0.05, 0.1) is 30.6 Å². The summed E-state index contributed by atoms with van der Waals surface area (Å²) in [7, 11) is 3.57. The number of benzene rings is 2. The first kappa shape index (κ1) is 25.8. The normalized spacial score (nSPS) is 14.7. The van der Waals surface area contributed by atoms with Crippen LogP contribution < -0.4 is 15.8 Å². The fraction of sp³-hybridized carbons (Fsp3) is 0.333. The summed E-state index contributed by atoms with van der Waals surface area (Å²) in [6, 6.07) is 16.0. The van der Waals surface area contributed by atoms with Crippen molar-refractivity contribution in [3.63, 3.8) is 0 Å². The minimum absolute atomic E-state index is 0.122. The van der Waals surface area contributed by atoms with E-state index < -0.39 is 0 Å². The van der Waals surface area contributed by atoms with Crippen LogP contribution in [-0.2, 0) is 18.3 Å². The lowest BCUT2D eigenvalue weighted by Crippen LogP contribution is -2.34. The zero-order valence-electron chi connectivity index (χ0n) is 23.1. The van der Waals surface area contributed by atoms with E-state index in [2.05, 4.69) is 49.9 Å². The van der Waals surface area contributed by atoms with Gasteiger partial charge in [-0.05, 0) is 49.0 Å². The minimum Gasteiger partial charge on any atom is -0.495 e. The number of hydrogen-bond donors (Lipinski definition) is 2. The van der Waals surface area contributed by atoms with Crippen molar-refractivity contribution in [2.75, 3.05) is 37.8 Å². The van der Waals surface area contributed by atoms with Crippen LogP contribution in [0, 0.1) is 0 Å². The van der Waals surface area contributed by atoms with Gasteiger partial charge in [-0.3, -0.25) is 4.79 Å². The zero-order chi connectivity index (χ0) is 27.8. The smallest absolute Gasteiger partial charge is 0.230 e. The molecule has 1 amide bonds. The van der Waals surface area contributed by atoms with Gasteiger partial charge in [0.2, 0.25) is 5.91 Å². The number of rotatable bonds is 7. The number of nitrogens with zero attached hydrogens (tertiary/aromatic N) is 6. The number of aromatic nitrogens is 5. The number of fused-ring (bicyclic) bond motifs is 2. The highest BCUT2D eigenvalue weighted by atomic mass is 16.5. The number of methoxy groups -OCH3 is 1. The van der Waals surface area contributed by atoms with Crippen molar-refractivity contribution in [3.8, 4) is 17.0 Å². The van der Waals surface area contributed by atoms with Gasteiger partial charge >= 0.3 is 0 Å². The number of ether oxygens (including phenoxy) is 1. The number of anilines is 2. The van der Waals surface area contributed by atoms with Crippen molar-refractivity contribution in [1.29, 1.82) is 0 Å². The number of nitrogen functional groups attached to an aromatic ring is 1. The third-order valence-electron chi connectivity index (χ3n) is 8.01. The van der Waals surface area contributed by atoms with E-state index in [1.807, 2.05) is 42.1 Å². The quantitative estimate of drug-likeness (QED) is 0.315. The lowest BCUT2D eigenvalue weighted by atomic mass is 10.1. The van der Waals surface area contributed by atoms with Gasteiger partial charge in [0.1, 0.15) is 23.6 Å². The topological polar surface area (TPSA) is 116 Å². The molecule has 2 aromatic carbocycles. The molecule has 3 aromatic heterocycles. The molecule has 0 unspecified atom stereocenters. The van der Waals surface area contributed by atoms with E-state index in [1.165, 1.54) is 6.33 Å². The summed E-state index contributed by atoms with van der Waals surface area (Å²) in [6.07, 6.45) is 3.74. The molecular weight excluding hydrogens is 504 g/mol. The first-order valence-corrected chi connectivity index (χ1v) is 13.7. The maximum absolute atomic E-state index is 13.0. The molecule has 10 nitrogen and oxygen atoms in total. The number of amides is 1. The van der Waals surface area contributed by atoms with Gasteiger partial charge in [0.25, 0.3) is 0 Å². The van der Waals surface area contributed by atoms with Crippen LogP contribution in [0.5, 0.6) is 5.75 Å². The number of piperidine rings is 1. The number of para-hydroxylation sites is 1. The first-order chi connectivity index (χ1) is 19.5. The average Bonchev–Trinajstić information content (AvgIpc) is 3.52. The van der Waals surface area contributed by atoms with Crippen LogP contribution in [0.25, 0.3) is 33.2 Å². The number of nitrogens with one attached hydrogen (secondary N) is 1. The molecule has 0 atom stereocenters. The van der Waals surface area contributed by atoms with Gasteiger partial charge in [0, 0.05) is 36.9 Å². The predicted molar refractivity (Wildman–Crippen MR) is 157 cm³/mol. The first-order valence-electron chi connectivity index (χ1n) is 13.7. The summed E-state index contributed by atoms with van der Waals surface area (Å²) in [5.41, 5.74) is 11.2. The van der Waals surface area contributed by atoms with Crippen molar-refractivity contribution in [2.45, 2.75) is 32.2 Å². The largest absolute Gasteiger partial charge is 0.495 e. The molecule has 0 spiro atoms. The fourth-order valence-corrected chi connectivity index (χ4v) is 5.75. The lowest BCUT2D eigenvalue weighted by molar-refractivity contribution is -0.115. The molecule has 4 heterocycles. The van der Waals surface area contributed by atoms with Gasteiger partial charge in [0.15, 0.2) is 5.65 Å². The maximum atomic E-state index is 13.0. The summed E-state index contributed by atoms with van der Waals surface area (Å²) in [4.78, 5) is 24.3. The van der Waals surface area contributed by atoms with E-state index in [0.29, 0.717) is 22.9 Å². The van der Waals surface area contributed by atoms with Crippen LogP contribution in [-0.4, -0.2) is 61.9 Å². The molecule has 10 heteroatoms. The summed E-state index contributed by atoms with van der Waals surface area (Å²) in [6.45, 7) is 5.30. The number of aryl methyl sites for hydroxylation is 1. The molecule has 1 aliphatic rings. The Balaban J connectivity index is 1.29. The van der Waals surface area contributed by atoms with E-state index in [9.17, 15) is 4.79 Å². The molecule has 0 aliphatic carbocycles. The van der Waals surface area contributed by atoms with Crippen LogP contribution in [0.3, 0.4) is 0 Å². The molecule has 3 N–H and O–H groups in total. The van der Waals surface area contributed by atoms with Crippen molar-refractivity contribution in [3.05, 3.63) is 60.6 Å². The molecule has 5 aromatic rings. The molecular formula is C30H34N8O2. The SMILES string of the molecule is CCN1CCC(n2nc(-c3ccc(NC(=O)Cc4cc5ccccc5n4C)c(OC)c3)c3c(N)ncnc32)CC1. The van der Waals surface area contributed by atoms with Crippen molar-refractivity contribution < 1.29 is 9.53 Å². The molecule has 40 heavy (non-hydrogen) atoms. The fourth-order valence-electron chi connectivity index (χ4n) is 5.75. The van der Waals surface area contributed by atoms with Crippen LogP contribution in [0.1, 0.15) is 31.5 Å². The van der Waals surface area contributed by atoms with E-state index in [-0.39, 0.29) is 18.4 Å². The molecule has 6 rings (SSSR count). The lowest BCUT2D eigenvalue weighted by Gasteiger charge is -2.31. The van der Waals surface area contributed by atoms with Crippen LogP contribution in [0.4, 0.5) is 11.5 Å². The van der Waals surface area contributed by atoms with Crippen molar-refractivity contribution in [1.82, 2.24) is 29.2 Å². The summed E-state index contributed by atoms with van der Waals surface area (Å²) < 4.78 is 9.76. The molecule has 1 aliphatic heterocycles. The molecule has 206 valence electrons. The second kappa shape index (κ2) is 10.6. The Kier molecular flexibility index (Phi) is 6.85. The standard InChI is InChI=1S/C30H34N8O2/c1-4-37-13-11-21(12-14-37)38-30-27(29(31)32-18-33-30)28(35-38)20-9-10-23(25(16-20)40-3)34-26(39)17-22-15-19-7-5-6-8-24(19)36(22)2/h5-10,15-16,18,21H,4,11-14,17H2,1-3H3,(H,34,39)(H2,31,32,33). The second-order valence-electron chi connectivity index (χ2n) is 10.3. The average molecular weight is 539 g/mol. The molecule has 1 fully saturated rings. The zero-order valence-corrected chi connectivity index (χ0v) is 23.1. The Labute approximate surface area is 232 Å². The summed E-state index contributed by atoms with van der Waals surface area (Å²) in [5, 5.41) is 9.88. The van der Waals surface area contributed by atoms with Gasteiger partial charge in [-0.2, -0.15) is 5.10 Å². The molecule has 1 saturated heterocycles. The highest BCUT2D eigenvalue weighted by Crippen LogP contribution is 2.37. The third kappa shape index (κ3) is 4.64. The molecule has 0 bridgehead atoms. The van der Waals surface area contributed by atoms with Gasteiger partial charge < -0.3 is 25.3 Å². The van der Waals surface area contributed by atoms with Gasteiger partial charge in [-0.15, -0.1) is 0 Å². The van der Waals surface area contributed by atoms with Gasteiger partial charge in [-0.25, -0.2) is 14.6 Å². The number of hydrogen-bond acceptors (Lipinski definition) is 7. The predicted octanol–water partition coefficient (Wildman–Crippen LogP) is 4.41. The highest BCUT2D eigenvalue weighted by molar-refractivity contribution is 5.99. The maximum Gasteiger partial charge on any atom is 0.230 e. The number of nitrogens with two attached hydrogens (primary N) is 1. The molecule has 0 radical (unpaired) electrons. The Morgan fingerprint density at radius 3 is 2.67 bits per heavy atom. The summed E-state index contributed by atoms with van der Waals surface area (Å²) in [5.74, 6) is 0.809. The Morgan fingerprint density at radius 2 is 1.93 bits per heavy atom. The van der Waals surface area contributed by atoms with E-state index in [0.717, 1.165) is 65.7 Å². The Morgan fingerprint density at radius 1 is 1.12 bits per heavy atom. The van der Waals surface area contributed by atoms with E-state index in [4.69, 9.17) is 15.6 Å². The van der Waals surface area contributed by atoms with Crippen molar-refractivity contribution in [2.24, 2.45) is 7.05 Å². The van der Waals surface area contributed by atoms with E-state index in [1.54, 1.807) is 7.11 Å². The minimum atomic E-state index is -0.122. The third-order valence-corrected chi connectivity index (χ3v) is 8.01. The van der Waals surface area contributed by atoms with Crippen LogP contribution in [0.2, 0.25) is 0 Å². The highest BCUT2D eigenvalue weighted by Gasteiger charge is 2.26. The Bertz CT molecular complexity index is 1700. The Hall–Kier alpha value is -4.44. The number of carbonyl (C=O) groups excluding carboxylic acids is 1. The second-order valence-corrected chi connectivity index (χ2v) is 10.3. The van der Waals surface area contributed by atoms with Crippen LogP contribution in [0.15, 0.2) is 54.9 Å². The van der Waals surface area contributed by atoms with Gasteiger partial charge in [-0.1, -0.05) is 31.2 Å². The van der Waals surface area contributed by atoms with Crippen molar-refractivity contribution >= 4 is 39.3 Å². The monoisotopic (exact) mass is 538 g/mol. The number of likely N-dealkylation sites (tertiary alicyclic amines) is 1. The molecule has 0 saturated carbocycles. The van der Waals surface area contributed by atoms with Crippen LogP contribution >= 0.6 is 0 Å². The summed E-state index contributed by atoms with van der Waals surface area (Å²) >= 11 is 0.